The van der Waals surface area contributed by atoms with Crippen molar-refractivity contribution in [3.63, 3.8) is 0 Å². The Morgan fingerprint density at radius 2 is 2.00 bits per heavy atom. The molecule has 0 atom stereocenters. The zero-order valence-corrected chi connectivity index (χ0v) is 11.2. The molecule has 0 aromatic rings. The molecule has 4 heteroatoms. The molecule has 1 fully saturated rings. The summed E-state index contributed by atoms with van der Waals surface area (Å²) in [4.78, 5) is 13.3. The number of hydrogen-bond acceptors (Lipinski definition) is 3. The van der Waals surface area contributed by atoms with Crippen LogP contribution in [0.4, 0.5) is 0 Å². The third kappa shape index (κ3) is 3.67. The molecular formula is C12H23NO2S. The quantitative estimate of drug-likeness (QED) is 0.780. The van der Waals surface area contributed by atoms with Gasteiger partial charge in [0.25, 0.3) is 0 Å². The van der Waals surface area contributed by atoms with E-state index in [4.69, 9.17) is 5.11 Å². The molecule has 1 rings (SSSR count). The van der Waals surface area contributed by atoms with E-state index in [-0.39, 0.29) is 5.54 Å². The normalized spacial score (nSPS) is 19.9. The summed E-state index contributed by atoms with van der Waals surface area (Å²) in [5.74, 6) is 0.426. The molecule has 3 nitrogen and oxygen atoms in total. The standard InChI is InChI=1S/C12H23NO2S/c1-13(8-9-16-2)12(10-11(14)15)6-4-3-5-7-12/h3-10H2,1-2H3,(H,14,15). The number of nitrogens with zero attached hydrogens (tertiary/aromatic N) is 1. The number of thioether (sulfide) groups is 1. The molecule has 1 N–H and O–H groups in total. The van der Waals surface area contributed by atoms with Gasteiger partial charge in [0.2, 0.25) is 0 Å². The SMILES string of the molecule is CSCCN(C)C1(CC(=O)O)CCCCC1. The Bertz CT molecular complexity index is 227. The highest BCUT2D eigenvalue weighted by Gasteiger charge is 2.37. The van der Waals surface area contributed by atoms with Gasteiger partial charge in [-0.1, -0.05) is 19.3 Å². The van der Waals surface area contributed by atoms with E-state index in [9.17, 15) is 4.79 Å². The van der Waals surface area contributed by atoms with Crippen molar-refractivity contribution in [1.82, 2.24) is 4.90 Å². The molecule has 0 bridgehead atoms. The number of aliphatic carboxylic acids is 1. The number of carbonyl (C=O) groups is 1. The van der Waals surface area contributed by atoms with Gasteiger partial charge in [0, 0.05) is 17.8 Å². The molecular weight excluding hydrogens is 222 g/mol. The van der Waals surface area contributed by atoms with Crippen LogP contribution in [0, 0.1) is 0 Å². The van der Waals surface area contributed by atoms with E-state index in [1.54, 1.807) is 0 Å². The van der Waals surface area contributed by atoms with Gasteiger partial charge in [0.15, 0.2) is 0 Å². The number of carboxylic acid groups (broad SMARTS) is 1. The summed E-state index contributed by atoms with van der Waals surface area (Å²) in [6.45, 7) is 0.994. The predicted molar refractivity (Wildman–Crippen MR) is 69.1 cm³/mol. The lowest BCUT2D eigenvalue weighted by Crippen LogP contribution is -2.50. The van der Waals surface area contributed by atoms with Crippen LogP contribution in [0.1, 0.15) is 38.5 Å². The minimum absolute atomic E-state index is 0.0696. The second kappa shape index (κ2) is 6.50. The van der Waals surface area contributed by atoms with Crippen molar-refractivity contribution in [1.29, 1.82) is 0 Å². The highest BCUT2D eigenvalue weighted by molar-refractivity contribution is 7.98. The Kier molecular flexibility index (Phi) is 5.62. The van der Waals surface area contributed by atoms with Crippen molar-refractivity contribution >= 4 is 17.7 Å². The molecule has 16 heavy (non-hydrogen) atoms. The largest absolute Gasteiger partial charge is 0.481 e. The van der Waals surface area contributed by atoms with E-state index in [1.807, 2.05) is 11.8 Å². The first-order valence-electron chi connectivity index (χ1n) is 6.03. The van der Waals surface area contributed by atoms with Gasteiger partial charge in [-0.05, 0) is 26.1 Å². The second-order valence-corrected chi connectivity index (χ2v) is 5.76. The summed E-state index contributed by atoms with van der Waals surface area (Å²) in [5, 5.41) is 9.07. The van der Waals surface area contributed by atoms with Gasteiger partial charge in [-0.25, -0.2) is 0 Å². The van der Waals surface area contributed by atoms with Gasteiger partial charge >= 0.3 is 5.97 Å². The van der Waals surface area contributed by atoms with Crippen LogP contribution in [0.5, 0.6) is 0 Å². The first-order valence-corrected chi connectivity index (χ1v) is 7.42. The fourth-order valence-corrected chi connectivity index (χ4v) is 3.11. The van der Waals surface area contributed by atoms with E-state index >= 15 is 0 Å². The van der Waals surface area contributed by atoms with Crippen LogP contribution < -0.4 is 0 Å². The van der Waals surface area contributed by atoms with Crippen molar-refractivity contribution in [2.75, 3.05) is 25.6 Å². The molecule has 0 spiro atoms. The topological polar surface area (TPSA) is 40.5 Å². The summed E-state index contributed by atoms with van der Waals surface area (Å²) in [6.07, 6.45) is 8.11. The lowest BCUT2D eigenvalue weighted by atomic mass is 9.78. The van der Waals surface area contributed by atoms with Crippen molar-refractivity contribution in [2.24, 2.45) is 0 Å². The maximum atomic E-state index is 11.0. The molecule has 1 aliphatic rings. The van der Waals surface area contributed by atoms with Gasteiger partial charge in [0.1, 0.15) is 0 Å². The second-order valence-electron chi connectivity index (χ2n) is 4.77. The number of rotatable bonds is 6. The average Bonchev–Trinajstić information content (AvgIpc) is 2.26. The third-order valence-corrected chi connectivity index (χ3v) is 4.30. The minimum atomic E-state index is -0.655. The molecule has 0 radical (unpaired) electrons. The summed E-state index contributed by atoms with van der Waals surface area (Å²) in [5.41, 5.74) is -0.0696. The van der Waals surface area contributed by atoms with Crippen LogP contribution in [0.2, 0.25) is 0 Å². The smallest absolute Gasteiger partial charge is 0.305 e. The van der Waals surface area contributed by atoms with E-state index in [1.165, 1.54) is 19.3 Å². The Morgan fingerprint density at radius 1 is 1.38 bits per heavy atom. The Labute approximate surface area is 103 Å². The van der Waals surface area contributed by atoms with Gasteiger partial charge < -0.3 is 5.11 Å². The first-order chi connectivity index (χ1) is 7.60. The summed E-state index contributed by atoms with van der Waals surface area (Å²) in [7, 11) is 2.09. The summed E-state index contributed by atoms with van der Waals surface area (Å²) in [6, 6.07) is 0. The molecule has 94 valence electrons. The minimum Gasteiger partial charge on any atom is -0.481 e. The number of hydrogen-bond donors (Lipinski definition) is 1. The highest BCUT2D eigenvalue weighted by atomic mass is 32.2. The van der Waals surface area contributed by atoms with Crippen molar-refractivity contribution in [3.8, 4) is 0 Å². The zero-order chi connectivity index (χ0) is 12.0. The molecule has 1 aliphatic carbocycles. The van der Waals surface area contributed by atoms with Gasteiger partial charge in [-0.3, -0.25) is 9.69 Å². The molecule has 0 aromatic heterocycles. The van der Waals surface area contributed by atoms with Crippen molar-refractivity contribution in [2.45, 2.75) is 44.1 Å². The number of carboxylic acids is 1. The molecule has 1 saturated carbocycles. The maximum Gasteiger partial charge on any atom is 0.305 e. The van der Waals surface area contributed by atoms with E-state index in [0.717, 1.165) is 25.1 Å². The highest BCUT2D eigenvalue weighted by Crippen LogP contribution is 2.35. The lowest BCUT2D eigenvalue weighted by molar-refractivity contribution is -0.141. The van der Waals surface area contributed by atoms with E-state index < -0.39 is 5.97 Å². The molecule has 0 amide bonds. The van der Waals surface area contributed by atoms with Crippen LogP contribution in [0.15, 0.2) is 0 Å². The Morgan fingerprint density at radius 3 is 2.50 bits per heavy atom. The van der Waals surface area contributed by atoms with Gasteiger partial charge in [0.05, 0.1) is 6.42 Å². The predicted octanol–water partition coefficient (Wildman–Crippen LogP) is 2.46. The van der Waals surface area contributed by atoms with Gasteiger partial charge in [-0.15, -0.1) is 0 Å². The molecule has 0 heterocycles. The van der Waals surface area contributed by atoms with Crippen LogP contribution in [-0.2, 0) is 4.79 Å². The Hall–Kier alpha value is -0.220. The van der Waals surface area contributed by atoms with Crippen LogP contribution in [0.3, 0.4) is 0 Å². The van der Waals surface area contributed by atoms with Crippen molar-refractivity contribution in [3.05, 3.63) is 0 Å². The lowest BCUT2D eigenvalue weighted by Gasteiger charge is -2.44. The third-order valence-electron chi connectivity index (χ3n) is 3.71. The first kappa shape index (κ1) is 13.8. The fourth-order valence-electron chi connectivity index (χ4n) is 2.65. The fraction of sp³-hybridized carbons (Fsp3) is 0.917. The Balaban J connectivity index is 2.64. The monoisotopic (exact) mass is 245 g/mol. The van der Waals surface area contributed by atoms with Crippen LogP contribution in [0.25, 0.3) is 0 Å². The van der Waals surface area contributed by atoms with Crippen molar-refractivity contribution < 1.29 is 9.90 Å². The zero-order valence-electron chi connectivity index (χ0n) is 10.4. The van der Waals surface area contributed by atoms with Gasteiger partial charge in [-0.2, -0.15) is 11.8 Å². The van der Waals surface area contributed by atoms with Crippen LogP contribution >= 0.6 is 11.8 Å². The maximum absolute atomic E-state index is 11.0. The molecule has 0 saturated heterocycles. The molecule has 0 aromatic carbocycles. The van der Waals surface area contributed by atoms with Crippen LogP contribution in [-0.4, -0.2) is 47.1 Å². The average molecular weight is 245 g/mol. The molecule has 0 aliphatic heterocycles. The summed E-state index contributed by atoms with van der Waals surface area (Å²) < 4.78 is 0. The van der Waals surface area contributed by atoms with E-state index in [2.05, 4.69) is 18.2 Å². The van der Waals surface area contributed by atoms with E-state index in [0.29, 0.717) is 6.42 Å². The summed E-state index contributed by atoms with van der Waals surface area (Å²) >= 11 is 1.82. The molecule has 0 unspecified atom stereocenters.